The Labute approximate surface area is 81.9 Å². The maximum atomic E-state index is 11.4. The van der Waals surface area contributed by atoms with E-state index in [1.165, 1.54) is 11.8 Å². The molecule has 0 radical (unpaired) electrons. The van der Waals surface area contributed by atoms with Gasteiger partial charge in [0.1, 0.15) is 5.25 Å². The Morgan fingerprint density at radius 3 is 3.00 bits per heavy atom. The van der Waals surface area contributed by atoms with Crippen molar-refractivity contribution in [2.75, 3.05) is 12.9 Å². The third kappa shape index (κ3) is 2.52. The van der Waals surface area contributed by atoms with Gasteiger partial charge < -0.3 is 9.72 Å². The van der Waals surface area contributed by atoms with Gasteiger partial charge in [-0.15, -0.1) is 11.8 Å². The molecular formula is C9H13NO2S. The highest BCUT2D eigenvalue weighted by Gasteiger charge is 2.20. The normalized spacial score (nSPS) is 12.5. The van der Waals surface area contributed by atoms with Crippen molar-refractivity contribution in [2.45, 2.75) is 12.2 Å². The van der Waals surface area contributed by atoms with Crippen molar-refractivity contribution in [3.05, 3.63) is 24.0 Å². The Hall–Kier alpha value is -0.900. The number of thioether (sulfide) groups is 1. The predicted molar refractivity (Wildman–Crippen MR) is 53.7 cm³/mol. The molecule has 0 aromatic carbocycles. The first kappa shape index (κ1) is 10.2. The maximum absolute atomic E-state index is 11.4. The molecule has 1 aromatic heterocycles. The number of carbonyl (C=O) groups excluding carboxylic acids is 1. The van der Waals surface area contributed by atoms with Crippen LogP contribution in [0.2, 0.25) is 0 Å². The van der Waals surface area contributed by atoms with Crippen LogP contribution < -0.4 is 0 Å². The minimum absolute atomic E-state index is 0.183. The molecule has 4 heteroatoms. The van der Waals surface area contributed by atoms with E-state index in [4.69, 9.17) is 4.74 Å². The fourth-order valence-electron chi connectivity index (χ4n) is 1.08. The van der Waals surface area contributed by atoms with Crippen molar-refractivity contribution in [1.82, 2.24) is 4.98 Å². The number of rotatable bonds is 4. The number of esters is 1. The molecule has 0 saturated carbocycles. The summed E-state index contributed by atoms with van der Waals surface area (Å²) in [6.45, 7) is 2.24. The van der Waals surface area contributed by atoms with Crippen molar-refractivity contribution in [3.8, 4) is 0 Å². The van der Waals surface area contributed by atoms with Crippen LogP contribution >= 0.6 is 11.8 Å². The maximum Gasteiger partial charge on any atom is 0.325 e. The first-order valence-corrected chi connectivity index (χ1v) is 5.41. The Morgan fingerprint density at radius 1 is 1.77 bits per heavy atom. The highest BCUT2D eigenvalue weighted by Crippen LogP contribution is 2.26. The standard InChI is InChI=1S/C9H13NO2S/c1-3-12-9(11)8(13-2)7-5-4-6-10-7/h4-6,8,10H,3H2,1-2H3. The van der Waals surface area contributed by atoms with Crippen molar-refractivity contribution < 1.29 is 9.53 Å². The largest absolute Gasteiger partial charge is 0.465 e. The lowest BCUT2D eigenvalue weighted by molar-refractivity contribution is -0.142. The van der Waals surface area contributed by atoms with E-state index in [0.717, 1.165) is 5.69 Å². The van der Waals surface area contributed by atoms with E-state index < -0.39 is 0 Å². The summed E-state index contributed by atoms with van der Waals surface area (Å²) in [4.78, 5) is 14.4. The molecule has 3 nitrogen and oxygen atoms in total. The Balaban J connectivity index is 2.68. The quantitative estimate of drug-likeness (QED) is 0.754. The molecule has 72 valence electrons. The highest BCUT2D eigenvalue weighted by atomic mass is 32.2. The molecule has 1 atom stereocenters. The zero-order valence-electron chi connectivity index (χ0n) is 7.74. The van der Waals surface area contributed by atoms with Gasteiger partial charge in [0.15, 0.2) is 0 Å². The van der Waals surface area contributed by atoms with Gasteiger partial charge in [-0.3, -0.25) is 4.79 Å². The van der Waals surface area contributed by atoms with E-state index in [0.29, 0.717) is 6.61 Å². The fraction of sp³-hybridized carbons (Fsp3) is 0.444. The lowest BCUT2D eigenvalue weighted by atomic mass is 10.3. The van der Waals surface area contributed by atoms with Crippen LogP contribution in [0.25, 0.3) is 0 Å². The monoisotopic (exact) mass is 199 g/mol. The number of hydrogen-bond acceptors (Lipinski definition) is 3. The molecule has 0 aliphatic rings. The van der Waals surface area contributed by atoms with Crippen LogP contribution in [0.5, 0.6) is 0 Å². The van der Waals surface area contributed by atoms with Gasteiger partial charge in [-0.05, 0) is 25.3 Å². The highest BCUT2D eigenvalue weighted by molar-refractivity contribution is 7.99. The second-order valence-corrected chi connectivity index (χ2v) is 3.44. The summed E-state index contributed by atoms with van der Waals surface area (Å²) in [5.74, 6) is -0.183. The van der Waals surface area contributed by atoms with Crippen LogP contribution in [0, 0.1) is 0 Å². The number of carbonyl (C=O) groups is 1. The third-order valence-corrected chi connectivity index (χ3v) is 2.56. The molecule has 0 aliphatic heterocycles. The van der Waals surface area contributed by atoms with Crippen LogP contribution in [0.1, 0.15) is 17.9 Å². The van der Waals surface area contributed by atoms with Crippen LogP contribution in [-0.2, 0) is 9.53 Å². The molecule has 0 spiro atoms. The van der Waals surface area contributed by atoms with Gasteiger partial charge >= 0.3 is 5.97 Å². The smallest absolute Gasteiger partial charge is 0.325 e. The molecule has 0 fully saturated rings. The van der Waals surface area contributed by atoms with Crippen LogP contribution in [-0.4, -0.2) is 23.8 Å². The van der Waals surface area contributed by atoms with E-state index >= 15 is 0 Å². The third-order valence-electron chi connectivity index (χ3n) is 1.64. The SMILES string of the molecule is CCOC(=O)C(SC)c1ccc[nH]1. The number of H-pyrrole nitrogens is 1. The van der Waals surface area contributed by atoms with Crippen LogP contribution in [0.4, 0.5) is 0 Å². The number of aromatic nitrogens is 1. The van der Waals surface area contributed by atoms with Crippen molar-refractivity contribution in [3.63, 3.8) is 0 Å². The molecule has 1 heterocycles. The van der Waals surface area contributed by atoms with Gasteiger partial charge in [-0.1, -0.05) is 0 Å². The summed E-state index contributed by atoms with van der Waals surface area (Å²) >= 11 is 1.47. The minimum Gasteiger partial charge on any atom is -0.465 e. The van der Waals surface area contributed by atoms with Gasteiger partial charge in [0.05, 0.1) is 6.61 Å². The minimum atomic E-state index is -0.227. The van der Waals surface area contributed by atoms with Gasteiger partial charge in [-0.2, -0.15) is 0 Å². The second-order valence-electron chi connectivity index (χ2n) is 2.49. The van der Waals surface area contributed by atoms with Gasteiger partial charge in [0, 0.05) is 11.9 Å². The second kappa shape index (κ2) is 4.97. The molecule has 0 amide bonds. The molecule has 0 bridgehead atoms. The molecule has 0 aliphatic carbocycles. The first-order valence-electron chi connectivity index (χ1n) is 4.12. The van der Waals surface area contributed by atoms with Crippen LogP contribution in [0.3, 0.4) is 0 Å². The first-order chi connectivity index (χ1) is 6.29. The topological polar surface area (TPSA) is 42.1 Å². The lowest BCUT2D eigenvalue weighted by Crippen LogP contribution is -2.13. The average molecular weight is 199 g/mol. The predicted octanol–water partition coefficient (Wildman–Crippen LogP) is 1.98. The zero-order valence-corrected chi connectivity index (χ0v) is 8.56. The van der Waals surface area contributed by atoms with E-state index in [1.54, 1.807) is 6.20 Å². The Morgan fingerprint density at radius 2 is 2.54 bits per heavy atom. The van der Waals surface area contributed by atoms with E-state index in [2.05, 4.69) is 4.98 Å². The Bertz CT molecular complexity index is 259. The van der Waals surface area contributed by atoms with Crippen molar-refractivity contribution >= 4 is 17.7 Å². The van der Waals surface area contributed by atoms with Crippen molar-refractivity contribution in [2.24, 2.45) is 0 Å². The molecule has 0 saturated heterocycles. The summed E-state index contributed by atoms with van der Waals surface area (Å²) in [5, 5.41) is -0.227. The summed E-state index contributed by atoms with van der Waals surface area (Å²) in [6, 6.07) is 3.76. The summed E-state index contributed by atoms with van der Waals surface area (Å²) in [6.07, 6.45) is 3.69. The van der Waals surface area contributed by atoms with E-state index in [9.17, 15) is 4.79 Å². The fourth-order valence-corrected chi connectivity index (χ4v) is 1.74. The summed E-state index contributed by atoms with van der Waals surface area (Å²) in [5.41, 5.74) is 0.894. The number of nitrogens with one attached hydrogen (secondary N) is 1. The number of aromatic amines is 1. The molecule has 1 rings (SSSR count). The van der Waals surface area contributed by atoms with E-state index in [-0.39, 0.29) is 11.2 Å². The lowest BCUT2D eigenvalue weighted by Gasteiger charge is -2.10. The molecular weight excluding hydrogens is 186 g/mol. The van der Waals surface area contributed by atoms with Gasteiger partial charge in [0.2, 0.25) is 0 Å². The number of hydrogen-bond donors (Lipinski definition) is 1. The van der Waals surface area contributed by atoms with Crippen LogP contribution in [0.15, 0.2) is 18.3 Å². The average Bonchev–Trinajstić information content (AvgIpc) is 2.59. The van der Waals surface area contributed by atoms with Crippen molar-refractivity contribution in [1.29, 1.82) is 0 Å². The molecule has 1 N–H and O–H groups in total. The van der Waals surface area contributed by atoms with E-state index in [1.807, 2.05) is 25.3 Å². The summed E-state index contributed by atoms with van der Waals surface area (Å²) < 4.78 is 4.94. The number of ether oxygens (including phenoxy) is 1. The molecule has 1 unspecified atom stereocenters. The summed E-state index contributed by atoms with van der Waals surface area (Å²) in [7, 11) is 0. The zero-order chi connectivity index (χ0) is 9.68. The van der Waals surface area contributed by atoms with Gasteiger partial charge in [-0.25, -0.2) is 0 Å². The van der Waals surface area contributed by atoms with Gasteiger partial charge in [0.25, 0.3) is 0 Å². The molecule has 1 aromatic rings. The molecule has 13 heavy (non-hydrogen) atoms. The Kier molecular flexibility index (Phi) is 3.89.